The predicted octanol–water partition coefficient (Wildman–Crippen LogP) is 5.93. The maximum atomic E-state index is 12.1. The highest BCUT2D eigenvalue weighted by Gasteiger charge is 2.19. The number of rotatable bonds is 6. The Balaban J connectivity index is 1.74. The van der Waals surface area contributed by atoms with Crippen LogP contribution in [-0.4, -0.2) is 14.7 Å². The first-order valence-electron chi connectivity index (χ1n) is 9.68. The number of hydrogen-bond donors (Lipinski definition) is 0. The van der Waals surface area contributed by atoms with Crippen molar-refractivity contribution in [2.45, 2.75) is 11.0 Å². The van der Waals surface area contributed by atoms with Gasteiger partial charge in [-0.25, -0.2) is 8.42 Å². The smallest absolute Gasteiger partial charge is 0.175 e. The number of benzene rings is 4. The summed E-state index contributed by atoms with van der Waals surface area (Å²) in [6.45, 7) is 0. The van der Waals surface area contributed by atoms with E-state index in [-0.39, 0.29) is 4.90 Å². The summed E-state index contributed by atoms with van der Waals surface area (Å²) in [7, 11) is -3.31. The van der Waals surface area contributed by atoms with E-state index in [4.69, 9.17) is 4.74 Å². The van der Waals surface area contributed by atoms with Crippen molar-refractivity contribution in [1.82, 2.24) is 0 Å². The van der Waals surface area contributed by atoms with Crippen LogP contribution in [0.3, 0.4) is 0 Å². The fourth-order valence-electron chi connectivity index (χ4n) is 3.38. The van der Waals surface area contributed by atoms with Gasteiger partial charge in [0.1, 0.15) is 11.9 Å². The molecule has 4 aromatic carbocycles. The van der Waals surface area contributed by atoms with Gasteiger partial charge in [-0.15, -0.1) is 0 Å². The Bertz CT molecular complexity index is 1230. The van der Waals surface area contributed by atoms with Crippen LogP contribution in [0.15, 0.2) is 114 Å². The molecule has 4 aromatic rings. The lowest BCUT2D eigenvalue weighted by Crippen LogP contribution is -2.10. The van der Waals surface area contributed by atoms with E-state index in [1.807, 2.05) is 78.9 Å². The molecule has 4 rings (SSSR count). The third-order valence-electron chi connectivity index (χ3n) is 4.89. The lowest BCUT2D eigenvalue weighted by atomic mass is 10.0. The van der Waals surface area contributed by atoms with Crippen LogP contribution < -0.4 is 4.74 Å². The van der Waals surface area contributed by atoms with E-state index >= 15 is 0 Å². The van der Waals surface area contributed by atoms with Crippen LogP contribution in [0, 0.1) is 0 Å². The second kappa shape index (κ2) is 8.56. The van der Waals surface area contributed by atoms with E-state index in [1.54, 1.807) is 18.2 Å². The largest absolute Gasteiger partial charge is 0.481 e. The molecule has 150 valence electrons. The molecule has 30 heavy (non-hydrogen) atoms. The molecule has 0 spiro atoms. The van der Waals surface area contributed by atoms with Gasteiger partial charge in [0.15, 0.2) is 9.84 Å². The summed E-state index contributed by atoms with van der Waals surface area (Å²) >= 11 is 0. The molecule has 0 N–H and O–H groups in total. The zero-order valence-electron chi connectivity index (χ0n) is 16.6. The van der Waals surface area contributed by atoms with Gasteiger partial charge in [0.2, 0.25) is 0 Å². The molecule has 1 atom stereocenters. The monoisotopic (exact) mass is 414 g/mol. The van der Waals surface area contributed by atoms with Crippen molar-refractivity contribution in [3.63, 3.8) is 0 Å². The highest BCUT2D eigenvalue weighted by Crippen LogP contribution is 2.32. The van der Waals surface area contributed by atoms with Crippen molar-refractivity contribution in [3.8, 4) is 16.9 Å². The van der Waals surface area contributed by atoms with Crippen LogP contribution in [0.5, 0.6) is 5.75 Å². The normalized spacial score (nSPS) is 12.3. The van der Waals surface area contributed by atoms with E-state index in [9.17, 15) is 8.42 Å². The molecule has 0 saturated heterocycles. The van der Waals surface area contributed by atoms with E-state index in [0.717, 1.165) is 28.0 Å². The predicted molar refractivity (Wildman–Crippen MR) is 120 cm³/mol. The molecule has 0 fully saturated rings. The van der Waals surface area contributed by atoms with Gasteiger partial charge in [0, 0.05) is 6.26 Å². The second-order valence-electron chi connectivity index (χ2n) is 7.15. The maximum Gasteiger partial charge on any atom is 0.175 e. The molecule has 0 aromatic heterocycles. The van der Waals surface area contributed by atoms with Gasteiger partial charge in [0.05, 0.1) is 4.90 Å². The lowest BCUT2D eigenvalue weighted by molar-refractivity contribution is 0.247. The van der Waals surface area contributed by atoms with Gasteiger partial charge in [-0.3, -0.25) is 0 Å². The fraction of sp³-hybridized carbons (Fsp3) is 0.0769. The van der Waals surface area contributed by atoms with Crippen LogP contribution in [0.25, 0.3) is 11.1 Å². The topological polar surface area (TPSA) is 43.4 Å². The molecule has 0 amide bonds. The Kier molecular flexibility index (Phi) is 5.68. The third kappa shape index (κ3) is 4.61. The van der Waals surface area contributed by atoms with Crippen molar-refractivity contribution in [1.29, 1.82) is 0 Å². The highest BCUT2D eigenvalue weighted by molar-refractivity contribution is 7.90. The molecule has 3 nitrogen and oxygen atoms in total. The first kappa shape index (κ1) is 19.9. The Morgan fingerprint density at radius 2 is 1.23 bits per heavy atom. The molecule has 0 saturated carbocycles. The molecular weight excluding hydrogens is 392 g/mol. The summed E-state index contributed by atoms with van der Waals surface area (Å²) < 4.78 is 30.5. The Hall–Kier alpha value is -3.37. The molecule has 0 bridgehead atoms. The van der Waals surface area contributed by atoms with E-state index < -0.39 is 15.9 Å². The van der Waals surface area contributed by atoms with Gasteiger partial charge >= 0.3 is 0 Å². The Morgan fingerprint density at radius 1 is 0.633 bits per heavy atom. The van der Waals surface area contributed by atoms with E-state index in [1.165, 1.54) is 6.26 Å². The molecule has 1 unspecified atom stereocenters. The standard InChI is InChI=1S/C26H22O3S/c1-30(27,28)25-17-9-15-23(19-25)26(21-12-6-3-7-13-21)29-24-16-8-14-22(18-24)20-10-4-2-5-11-20/h2-19,26H,1H3. The zero-order chi connectivity index (χ0) is 21.0. The van der Waals surface area contributed by atoms with Crippen LogP contribution in [-0.2, 0) is 9.84 Å². The van der Waals surface area contributed by atoms with Gasteiger partial charge < -0.3 is 4.74 Å². The summed E-state index contributed by atoms with van der Waals surface area (Å²) in [5, 5.41) is 0. The van der Waals surface area contributed by atoms with Crippen molar-refractivity contribution in [2.75, 3.05) is 6.26 Å². The summed E-state index contributed by atoms with van der Waals surface area (Å²) in [5.41, 5.74) is 3.91. The van der Waals surface area contributed by atoms with Crippen molar-refractivity contribution < 1.29 is 13.2 Å². The minimum absolute atomic E-state index is 0.280. The fourth-order valence-corrected chi connectivity index (χ4v) is 4.06. The summed E-state index contributed by atoms with van der Waals surface area (Å²) in [6, 6.07) is 34.8. The molecule has 4 heteroatoms. The highest BCUT2D eigenvalue weighted by atomic mass is 32.2. The molecule has 0 aliphatic rings. The summed E-state index contributed by atoms with van der Waals surface area (Å²) in [5.74, 6) is 0.718. The van der Waals surface area contributed by atoms with Crippen molar-refractivity contribution in [2.24, 2.45) is 0 Å². The number of ether oxygens (including phenoxy) is 1. The third-order valence-corrected chi connectivity index (χ3v) is 6.00. The average Bonchev–Trinajstić information content (AvgIpc) is 2.78. The van der Waals surface area contributed by atoms with Gasteiger partial charge in [-0.2, -0.15) is 0 Å². The van der Waals surface area contributed by atoms with Gasteiger partial charge in [-0.05, 0) is 46.5 Å². The summed E-state index contributed by atoms with van der Waals surface area (Å²) in [4.78, 5) is 0.280. The van der Waals surface area contributed by atoms with Crippen LogP contribution in [0.2, 0.25) is 0 Å². The number of sulfone groups is 1. The molecule has 0 radical (unpaired) electrons. The molecule has 0 heterocycles. The van der Waals surface area contributed by atoms with Gasteiger partial charge in [0.25, 0.3) is 0 Å². The second-order valence-corrected chi connectivity index (χ2v) is 9.16. The first-order valence-corrected chi connectivity index (χ1v) is 11.6. The molecular formula is C26H22O3S. The quantitative estimate of drug-likeness (QED) is 0.393. The minimum atomic E-state index is -3.31. The molecule has 0 aliphatic carbocycles. The number of hydrogen-bond acceptors (Lipinski definition) is 3. The minimum Gasteiger partial charge on any atom is -0.481 e. The van der Waals surface area contributed by atoms with Crippen molar-refractivity contribution in [3.05, 3.63) is 120 Å². The average molecular weight is 415 g/mol. The van der Waals surface area contributed by atoms with E-state index in [0.29, 0.717) is 0 Å². The van der Waals surface area contributed by atoms with Crippen molar-refractivity contribution >= 4 is 9.84 Å². The van der Waals surface area contributed by atoms with Crippen LogP contribution >= 0.6 is 0 Å². The Morgan fingerprint density at radius 3 is 1.93 bits per heavy atom. The van der Waals surface area contributed by atoms with Crippen LogP contribution in [0.4, 0.5) is 0 Å². The Labute approximate surface area is 177 Å². The van der Waals surface area contributed by atoms with Crippen LogP contribution in [0.1, 0.15) is 17.2 Å². The SMILES string of the molecule is CS(=O)(=O)c1cccc(C(Oc2cccc(-c3ccccc3)c2)c2ccccc2)c1. The molecule has 0 aliphatic heterocycles. The lowest BCUT2D eigenvalue weighted by Gasteiger charge is -2.21. The maximum absolute atomic E-state index is 12.1. The van der Waals surface area contributed by atoms with E-state index in [2.05, 4.69) is 12.1 Å². The zero-order valence-corrected chi connectivity index (χ0v) is 17.4. The summed E-state index contributed by atoms with van der Waals surface area (Å²) in [6.07, 6.45) is 0.785. The van der Waals surface area contributed by atoms with Gasteiger partial charge in [-0.1, -0.05) is 84.9 Å². The first-order chi connectivity index (χ1) is 14.5.